The summed E-state index contributed by atoms with van der Waals surface area (Å²) in [5.41, 5.74) is 0. The second-order valence-corrected chi connectivity index (χ2v) is 5.99. The van der Waals surface area contributed by atoms with Crippen LogP contribution in [0.5, 0.6) is 0 Å². The normalized spacial score (nSPS) is 11.9. The zero-order valence-electron chi connectivity index (χ0n) is 13.8. The number of hydrogen-bond donors (Lipinski definition) is 0. The van der Waals surface area contributed by atoms with Crippen LogP contribution in [0, 0.1) is 0 Å². The molecule has 0 fully saturated rings. The maximum atomic E-state index is 5.48. The van der Waals surface area contributed by atoms with E-state index in [-0.39, 0.29) is 0 Å². The second kappa shape index (κ2) is 13.8. The smallest absolute Gasteiger partial charge is 0.189 e. The lowest BCUT2D eigenvalue weighted by Crippen LogP contribution is -2.38. The minimum atomic E-state index is -0.521. The van der Waals surface area contributed by atoms with Gasteiger partial charge in [-0.25, -0.2) is 0 Å². The van der Waals surface area contributed by atoms with Gasteiger partial charge in [-0.1, -0.05) is 44.6 Å². The fraction of sp³-hybridized carbons (Fsp3) is 0.875. The first-order valence-electron chi connectivity index (χ1n) is 7.95. The summed E-state index contributed by atoms with van der Waals surface area (Å²) < 4.78 is 16.3. The number of unbranched alkanes of at least 4 members (excludes halogenated alkanes) is 8. The lowest BCUT2D eigenvalue weighted by atomic mass is 10.0. The molecule has 0 atom stereocenters. The van der Waals surface area contributed by atoms with Gasteiger partial charge in [-0.2, -0.15) is 0 Å². The highest BCUT2D eigenvalue weighted by atomic mass is 28.2. The predicted octanol–water partition coefficient (Wildman–Crippen LogP) is 3.36. The SMILES string of the molecule is C=CCCCCCCCCCCC(CO[SiH3])(OC)OC. The molecule has 3 nitrogen and oxygen atoms in total. The number of allylic oxidation sites excluding steroid dienone is 1. The molecule has 0 spiro atoms. The van der Waals surface area contributed by atoms with Crippen LogP contribution in [0.15, 0.2) is 12.7 Å². The summed E-state index contributed by atoms with van der Waals surface area (Å²) in [6, 6.07) is 0. The Labute approximate surface area is 128 Å². The van der Waals surface area contributed by atoms with Crippen molar-refractivity contribution in [2.75, 3.05) is 20.8 Å². The first kappa shape index (κ1) is 19.8. The van der Waals surface area contributed by atoms with Crippen LogP contribution in [-0.2, 0) is 13.9 Å². The number of hydrogen-bond acceptors (Lipinski definition) is 3. The summed E-state index contributed by atoms with van der Waals surface area (Å²) in [5.74, 6) is -0.521. The van der Waals surface area contributed by atoms with Crippen LogP contribution < -0.4 is 0 Å². The van der Waals surface area contributed by atoms with Crippen LogP contribution in [0.3, 0.4) is 0 Å². The van der Waals surface area contributed by atoms with E-state index < -0.39 is 5.79 Å². The first-order valence-corrected chi connectivity index (χ1v) is 8.76. The molecule has 0 aliphatic heterocycles. The average molecular weight is 303 g/mol. The zero-order valence-corrected chi connectivity index (χ0v) is 15.8. The quantitative estimate of drug-likeness (QED) is 0.201. The zero-order chi connectivity index (χ0) is 15.1. The molecule has 0 N–H and O–H groups in total. The van der Waals surface area contributed by atoms with E-state index >= 15 is 0 Å². The third-order valence-electron chi connectivity index (χ3n) is 3.82. The summed E-state index contributed by atoms with van der Waals surface area (Å²) in [6.45, 7) is 4.30. The molecule has 0 aromatic rings. The van der Waals surface area contributed by atoms with Crippen molar-refractivity contribution in [3.8, 4) is 0 Å². The van der Waals surface area contributed by atoms with Crippen molar-refractivity contribution in [2.24, 2.45) is 0 Å². The summed E-state index contributed by atoms with van der Waals surface area (Å²) >= 11 is 0. The van der Waals surface area contributed by atoms with E-state index in [2.05, 4.69) is 6.58 Å². The van der Waals surface area contributed by atoms with Crippen molar-refractivity contribution in [3.05, 3.63) is 12.7 Å². The predicted molar refractivity (Wildman–Crippen MR) is 89.0 cm³/mol. The lowest BCUT2D eigenvalue weighted by molar-refractivity contribution is -0.226. The third kappa shape index (κ3) is 9.70. The van der Waals surface area contributed by atoms with Gasteiger partial charge in [-0.05, 0) is 19.3 Å². The summed E-state index contributed by atoms with van der Waals surface area (Å²) in [7, 11) is 4.13. The lowest BCUT2D eigenvalue weighted by Gasteiger charge is -2.30. The van der Waals surface area contributed by atoms with E-state index in [0.717, 1.165) is 23.3 Å². The Balaban J connectivity index is 3.47. The molecule has 0 aliphatic rings. The molecule has 0 rings (SSSR count). The van der Waals surface area contributed by atoms with Gasteiger partial charge in [-0.3, -0.25) is 0 Å². The molecule has 120 valence electrons. The van der Waals surface area contributed by atoms with Gasteiger partial charge in [0, 0.05) is 20.6 Å². The topological polar surface area (TPSA) is 27.7 Å². The Kier molecular flexibility index (Phi) is 13.7. The van der Waals surface area contributed by atoms with E-state index in [0.29, 0.717) is 6.61 Å². The van der Waals surface area contributed by atoms with Gasteiger partial charge in [-0.15, -0.1) is 6.58 Å². The van der Waals surface area contributed by atoms with Gasteiger partial charge >= 0.3 is 0 Å². The van der Waals surface area contributed by atoms with Crippen molar-refractivity contribution >= 4 is 10.5 Å². The summed E-state index contributed by atoms with van der Waals surface area (Å²) in [4.78, 5) is 0. The molecule has 20 heavy (non-hydrogen) atoms. The highest BCUT2D eigenvalue weighted by Gasteiger charge is 2.28. The van der Waals surface area contributed by atoms with Crippen molar-refractivity contribution in [3.63, 3.8) is 0 Å². The van der Waals surface area contributed by atoms with E-state index in [1.54, 1.807) is 14.2 Å². The van der Waals surface area contributed by atoms with Crippen LogP contribution in [0.4, 0.5) is 0 Å². The molecule has 0 heterocycles. The molecule has 0 radical (unpaired) electrons. The van der Waals surface area contributed by atoms with E-state index in [1.165, 1.54) is 51.4 Å². The molecule has 0 aliphatic carbocycles. The highest BCUT2D eigenvalue weighted by Crippen LogP contribution is 2.21. The van der Waals surface area contributed by atoms with Crippen LogP contribution >= 0.6 is 0 Å². The van der Waals surface area contributed by atoms with Gasteiger partial charge in [0.2, 0.25) is 0 Å². The van der Waals surface area contributed by atoms with Crippen LogP contribution in [0.25, 0.3) is 0 Å². The minimum Gasteiger partial charge on any atom is -0.422 e. The second-order valence-electron chi connectivity index (χ2n) is 5.41. The van der Waals surface area contributed by atoms with E-state index in [9.17, 15) is 0 Å². The Hall–Kier alpha value is -0.163. The van der Waals surface area contributed by atoms with Gasteiger partial charge < -0.3 is 13.9 Å². The molecular formula is C16H34O3Si. The van der Waals surface area contributed by atoms with E-state index in [4.69, 9.17) is 13.9 Å². The summed E-state index contributed by atoms with van der Waals surface area (Å²) in [6.07, 6.45) is 14.5. The molecular weight excluding hydrogens is 268 g/mol. The van der Waals surface area contributed by atoms with Crippen LogP contribution in [0.2, 0.25) is 0 Å². The molecule has 0 amide bonds. The maximum Gasteiger partial charge on any atom is 0.189 e. The Bertz CT molecular complexity index is 218. The van der Waals surface area contributed by atoms with Crippen LogP contribution in [-0.4, -0.2) is 37.1 Å². The van der Waals surface area contributed by atoms with Gasteiger partial charge in [0.25, 0.3) is 0 Å². The Morgan fingerprint density at radius 3 is 1.85 bits per heavy atom. The van der Waals surface area contributed by atoms with Gasteiger partial charge in [0.1, 0.15) is 10.5 Å². The van der Waals surface area contributed by atoms with E-state index in [1.807, 2.05) is 6.08 Å². The molecule has 4 heteroatoms. The van der Waals surface area contributed by atoms with Crippen molar-refractivity contribution in [1.82, 2.24) is 0 Å². The van der Waals surface area contributed by atoms with Crippen molar-refractivity contribution in [2.45, 2.75) is 70.0 Å². The van der Waals surface area contributed by atoms with Crippen LogP contribution in [0.1, 0.15) is 64.2 Å². The standard InChI is InChI=1S/C16H34O3Si/c1-4-5-6-7-8-9-10-11-12-13-14-16(17-2,18-3)15-19-20/h4H,1,5-15H2,2-3,20H3. The fourth-order valence-electron chi connectivity index (χ4n) is 2.44. The molecule has 0 bridgehead atoms. The van der Waals surface area contributed by atoms with Gasteiger partial charge in [0.05, 0.1) is 6.61 Å². The molecule has 0 aromatic heterocycles. The Morgan fingerprint density at radius 1 is 0.900 bits per heavy atom. The molecule has 0 aromatic carbocycles. The Morgan fingerprint density at radius 2 is 1.40 bits per heavy atom. The highest BCUT2D eigenvalue weighted by molar-refractivity contribution is 5.97. The van der Waals surface area contributed by atoms with Crippen molar-refractivity contribution < 1.29 is 13.9 Å². The minimum absolute atomic E-state index is 0.521. The summed E-state index contributed by atoms with van der Waals surface area (Å²) in [5, 5.41) is 0. The maximum absolute atomic E-state index is 5.48. The monoisotopic (exact) mass is 302 g/mol. The van der Waals surface area contributed by atoms with Gasteiger partial charge in [0.15, 0.2) is 5.79 Å². The molecule has 0 unspecified atom stereocenters. The third-order valence-corrected chi connectivity index (χ3v) is 4.11. The largest absolute Gasteiger partial charge is 0.422 e. The number of rotatable bonds is 15. The molecule has 0 saturated heterocycles. The average Bonchev–Trinajstić information content (AvgIpc) is 2.48. The molecule has 0 saturated carbocycles. The number of ether oxygens (including phenoxy) is 2. The number of methoxy groups -OCH3 is 2. The first-order chi connectivity index (χ1) is 9.74. The van der Waals surface area contributed by atoms with Crippen molar-refractivity contribution in [1.29, 1.82) is 0 Å². The fourth-order valence-corrected chi connectivity index (χ4v) is 2.88.